The molecule has 0 bridgehead atoms. The number of carbonyl (C=O) groups is 2. The lowest BCUT2D eigenvalue weighted by molar-refractivity contribution is -0.132. The van der Waals surface area contributed by atoms with E-state index >= 15 is 0 Å². The number of aliphatic hydroxyl groups excluding tert-OH is 1. The van der Waals surface area contributed by atoms with E-state index in [-0.39, 0.29) is 18.1 Å². The minimum absolute atomic E-state index is 0.0279. The van der Waals surface area contributed by atoms with Crippen molar-refractivity contribution in [3.63, 3.8) is 0 Å². The number of aliphatic hydroxyl groups is 1. The predicted octanol–water partition coefficient (Wildman–Crippen LogP) is 5.06. The summed E-state index contributed by atoms with van der Waals surface area (Å²) < 4.78 is 16.4. The number of amides is 1. The van der Waals surface area contributed by atoms with E-state index in [1.165, 1.54) is 4.90 Å². The maximum Gasteiger partial charge on any atom is 0.300 e. The smallest absolute Gasteiger partial charge is 0.300 e. The Balaban J connectivity index is 1.68. The van der Waals surface area contributed by atoms with Crippen LogP contribution in [0.5, 0.6) is 17.2 Å². The van der Waals surface area contributed by atoms with Crippen molar-refractivity contribution < 1.29 is 28.9 Å². The maximum atomic E-state index is 13.4. The molecule has 2 aliphatic rings. The Morgan fingerprint density at radius 3 is 2.43 bits per heavy atom. The monoisotopic (exact) mass is 471 g/mol. The highest BCUT2D eigenvalue weighted by Crippen LogP contribution is 2.45. The minimum Gasteiger partial charge on any atom is -0.507 e. The number of fused-ring (bicyclic) bond motifs is 1. The van der Waals surface area contributed by atoms with Gasteiger partial charge < -0.3 is 19.3 Å². The minimum atomic E-state index is -0.840. The number of nitrogens with zero attached hydrogens (tertiary/aromatic N) is 1. The largest absolute Gasteiger partial charge is 0.507 e. The molecule has 2 aliphatic heterocycles. The number of aryl methyl sites for hydroxylation is 2. The Hall–Kier alpha value is -4.26. The second-order valence-corrected chi connectivity index (χ2v) is 8.51. The van der Waals surface area contributed by atoms with Crippen molar-refractivity contribution in [3.8, 4) is 17.2 Å². The van der Waals surface area contributed by atoms with Crippen molar-refractivity contribution in [1.29, 1.82) is 0 Å². The molecule has 1 atom stereocenters. The molecule has 7 nitrogen and oxygen atoms in total. The lowest BCUT2D eigenvalue weighted by Gasteiger charge is -2.26. The predicted molar refractivity (Wildman–Crippen MR) is 131 cm³/mol. The molecule has 0 spiro atoms. The number of ketones is 1. The van der Waals surface area contributed by atoms with Crippen molar-refractivity contribution in [2.24, 2.45) is 0 Å². The normalized spacial score (nSPS) is 18.3. The summed E-state index contributed by atoms with van der Waals surface area (Å²) in [6, 6.07) is 16.9. The van der Waals surface area contributed by atoms with Gasteiger partial charge >= 0.3 is 0 Å². The third-order valence-electron chi connectivity index (χ3n) is 6.37. The highest BCUT2D eigenvalue weighted by Gasteiger charge is 2.47. The highest BCUT2D eigenvalue weighted by atomic mass is 16.7. The number of hydrogen-bond acceptors (Lipinski definition) is 6. The summed E-state index contributed by atoms with van der Waals surface area (Å²) in [6.07, 6.45) is 0. The number of Topliss-reactive ketones (excluding diaryl/α,β-unsaturated/α-hetero) is 1. The van der Waals surface area contributed by atoms with Crippen LogP contribution in [-0.4, -0.2) is 30.2 Å². The van der Waals surface area contributed by atoms with E-state index in [4.69, 9.17) is 14.2 Å². The number of carbonyl (C=O) groups excluding carboxylic acids is 2. The first-order chi connectivity index (χ1) is 16.9. The third-order valence-corrected chi connectivity index (χ3v) is 6.37. The highest BCUT2D eigenvalue weighted by molar-refractivity contribution is 6.51. The van der Waals surface area contributed by atoms with Gasteiger partial charge in [-0.1, -0.05) is 24.3 Å². The Morgan fingerprint density at radius 1 is 0.971 bits per heavy atom. The molecule has 0 aromatic heterocycles. The average Bonchev–Trinajstić information content (AvgIpc) is 3.43. The van der Waals surface area contributed by atoms with Crippen LogP contribution in [0.3, 0.4) is 0 Å². The van der Waals surface area contributed by atoms with E-state index in [0.29, 0.717) is 40.7 Å². The maximum absolute atomic E-state index is 13.4. The fraction of sp³-hybridized carbons (Fsp3) is 0.214. The van der Waals surface area contributed by atoms with Crippen LogP contribution in [0.25, 0.3) is 5.76 Å². The lowest BCUT2D eigenvalue weighted by atomic mass is 9.94. The first-order valence-electron chi connectivity index (χ1n) is 11.4. The Kier molecular flexibility index (Phi) is 5.68. The summed E-state index contributed by atoms with van der Waals surface area (Å²) >= 11 is 0. The standard InChI is InChI=1S/C28H25NO6/c1-4-33-21-10-7-18(8-11-21)25-24(26(30)19-6-5-16(2)17(3)13-19)27(31)28(32)29(25)20-9-12-22-23(14-20)35-15-34-22/h5-14,25,30H,4,15H2,1-3H3/b26-24+. The van der Waals surface area contributed by atoms with Crippen LogP contribution in [0.2, 0.25) is 0 Å². The van der Waals surface area contributed by atoms with Crippen molar-refractivity contribution in [2.45, 2.75) is 26.8 Å². The van der Waals surface area contributed by atoms with E-state index < -0.39 is 17.7 Å². The van der Waals surface area contributed by atoms with Gasteiger partial charge in [0.05, 0.1) is 18.2 Å². The molecule has 178 valence electrons. The molecule has 7 heteroatoms. The summed E-state index contributed by atoms with van der Waals surface area (Å²) in [7, 11) is 0. The van der Waals surface area contributed by atoms with E-state index in [1.54, 1.807) is 48.5 Å². The topological polar surface area (TPSA) is 85.3 Å². The molecule has 1 fully saturated rings. The molecule has 0 radical (unpaired) electrons. The van der Waals surface area contributed by atoms with Crippen LogP contribution in [0.1, 0.15) is 35.2 Å². The zero-order valence-electron chi connectivity index (χ0n) is 19.7. The summed E-state index contributed by atoms with van der Waals surface area (Å²) in [5.41, 5.74) is 3.67. The summed E-state index contributed by atoms with van der Waals surface area (Å²) in [4.78, 5) is 28.1. The second-order valence-electron chi connectivity index (χ2n) is 8.51. The van der Waals surface area contributed by atoms with Crippen molar-refractivity contribution in [1.82, 2.24) is 0 Å². The van der Waals surface area contributed by atoms with Gasteiger partial charge in [-0.2, -0.15) is 0 Å². The van der Waals surface area contributed by atoms with Gasteiger partial charge in [0.2, 0.25) is 6.79 Å². The van der Waals surface area contributed by atoms with E-state index in [2.05, 4.69) is 0 Å². The van der Waals surface area contributed by atoms with Crippen molar-refractivity contribution >= 4 is 23.1 Å². The summed E-state index contributed by atoms with van der Waals surface area (Å²) in [5.74, 6) is 0.0338. The molecule has 0 aliphatic carbocycles. The van der Waals surface area contributed by atoms with Gasteiger partial charge in [0.15, 0.2) is 11.5 Å². The molecule has 1 amide bonds. The fourth-order valence-corrected chi connectivity index (χ4v) is 4.41. The van der Waals surface area contributed by atoms with Crippen LogP contribution in [0.15, 0.2) is 66.2 Å². The van der Waals surface area contributed by atoms with Gasteiger partial charge in [-0.3, -0.25) is 14.5 Å². The molecule has 3 aromatic rings. The zero-order chi connectivity index (χ0) is 24.7. The molecular formula is C28H25NO6. The SMILES string of the molecule is CCOc1ccc(C2/C(=C(\O)c3ccc(C)c(C)c3)C(=O)C(=O)N2c2ccc3c(c2)OCO3)cc1. The van der Waals surface area contributed by atoms with Gasteiger partial charge in [-0.05, 0) is 67.8 Å². The number of rotatable bonds is 5. The summed E-state index contributed by atoms with van der Waals surface area (Å²) in [6.45, 7) is 6.40. The molecule has 1 unspecified atom stereocenters. The first-order valence-corrected chi connectivity index (χ1v) is 11.4. The fourth-order valence-electron chi connectivity index (χ4n) is 4.41. The molecule has 1 N–H and O–H groups in total. The summed E-state index contributed by atoms with van der Waals surface area (Å²) in [5, 5.41) is 11.3. The number of benzene rings is 3. The molecule has 0 saturated carbocycles. The van der Waals surface area contributed by atoms with Gasteiger partial charge in [-0.25, -0.2) is 0 Å². The van der Waals surface area contributed by atoms with Crippen LogP contribution >= 0.6 is 0 Å². The second kappa shape index (κ2) is 8.83. The number of hydrogen-bond donors (Lipinski definition) is 1. The average molecular weight is 472 g/mol. The van der Waals surface area contributed by atoms with E-state index in [0.717, 1.165) is 11.1 Å². The van der Waals surface area contributed by atoms with Crippen LogP contribution in [0, 0.1) is 13.8 Å². The quantitative estimate of drug-likeness (QED) is 0.318. The number of ether oxygens (including phenoxy) is 3. The van der Waals surface area contributed by atoms with E-state index in [9.17, 15) is 14.7 Å². The van der Waals surface area contributed by atoms with Gasteiger partial charge in [0, 0.05) is 17.3 Å². The van der Waals surface area contributed by atoms with Gasteiger partial charge in [0.25, 0.3) is 11.7 Å². The number of anilines is 1. The molecule has 3 aromatic carbocycles. The molecule has 5 rings (SSSR count). The van der Waals surface area contributed by atoms with Gasteiger partial charge in [-0.15, -0.1) is 0 Å². The Morgan fingerprint density at radius 2 is 1.71 bits per heavy atom. The van der Waals surface area contributed by atoms with Crippen LogP contribution in [0.4, 0.5) is 5.69 Å². The van der Waals surface area contributed by atoms with E-state index in [1.807, 2.05) is 32.9 Å². The van der Waals surface area contributed by atoms with Crippen LogP contribution in [-0.2, 0) is 9.59 Å². The van der Waals surface area contributed by atoms with Crippen molar-refractivity contribution in [2.75, 3.05) is 18.3 Å². The first kappa shape index (κ1) is 22.5. The lowest BCUT2D eigenvalue weighted by Crippen LogP contribution is -2.29. The molecule has 2 heterocycles. The van der Waals surface area contributed by atoms with Crippen LogP contribution < -0.4 is 19.1 Å². The molecular weight excluding hydrogens is 446 g/mol. The Bertz CT molecular complexity index is 1360. The van der Waals surface area contributed by atoms with Crippen molar-refractivity contribution in [3.05, 3.63) is 88.5 Å². The zero-order valence-corrected chi connectivity index (χ0v) is 19.7. The third kappa shape index (κ3) is 3.89. The molecule has 1 saturated heterocycles. The molecule has 35 heavy (non-hydrogen) atoms. The van der Waals surface area contributed by atoms with Gasteiger partial charge in [0.1, 0.15) is 11.5 Å². The Labute approximate surface area is 203 Å².